The van der Waals surface area contributed by atoms with Crippen LogP contribution >= 0.6 is 0 Å². The van der Waals surface area contributed by atoms with Crippen LogP contribution in [0.15, 0.2) is 48.5 Å². The Hall–Kier alpha value is -2.53. The summed E-state index contributed by atoms with van der Waals surface area (Å²) < 4.78 is 5.40. The topological polar surface area (TPSA) is 61.8 Å². The molecule has 0 saturated carbocycles. The number of carboxylic acid groups (broad SMARTS) is 1. The van der Waals surface area contributed by atoms with Crippen molar-refractivity contribution in [3.63, 3.8) is 0 Å². The molecule has 1 fully saturated rings. The Morgan fingerprint density at radius 3 is 2.48 bits per heavy atom. The van der Waals surface area contributed by atoms with Gasteiger partial charge < -0.3 is 20.1 Å². The molecule has 25 heavy (non-hydrogen) atoms. The summed E-state index contributed by atoms with van der Waals surface area (Å²) in [6.07, 6.45) is 2.13. The maximum absolute atomic E-state index is 10.9. The van der Waals surface area contributed by atoms with E-state index in [1.165, 1.54) is 5.56 Å². The first-order valence-electron chi connectivity index (χ1n) is 8.61. The van der Waals surface area contributed by atoms with Gasteiger partial charge in [-0.15, -0.1) is 0 Å². The first-order valence-corrected chi connectivity index (χ1v) is 8.61. The van der Waals surface area contributed by atoms with Crippen molar-refractivity contribution in [3.05, 3.63) is 59.7 Å². The lowest BCUT2D eigenvalue weighted by molar-refractivity contribution is 0.0697. The van der Waals surface area contributed by atoms with Crippen LogP contribution in [0.4, 0.5) is 5.69 Å². The fourth-order valence-electron chi connectivity index (χ4n) is 3.26. The third-order valence-electron chi connectivity index (χ3n) is 4.75. The zero-order valence-electron chi connectivity index (χ0n) is 14.4. The molecule has 132 valence electrons. The number of rotatable bonds is 6. The summed E-state index contributed by atoms with van der Waals surface area (Å²) in [4.78, 5) is 13.2. The van der Waals surface area contributed by atoms with E-state index in [0.29, 0.717) is 11.6 Å². The van der Waals surface area contributed by atoms with Crippen LogP contribution in [0.2, 0.25) is 0 Å². The molecule has 1 aliphatic rings. The molecular formula is C20H24N2O3. The fourth-order valence-corrected chi connectivity index (χ4v) is 3.26. The van der Waals surface area contributed by atoms with Crippen molar-refractivity contribution in [1.82, 2.24) is 5.32 Å². The number of hydrogen-bond donors (Lipinski definition) is 2. The van der Waals surface area contributed by atoms with E-state index in [0.717, 1.165) is 43.9 Å². The van der Waals surface area contributed by atoms with Crippen LogP contribution in [0, 0.1) is 0 Å². The van der Waals surface area contributed by atoms with Crippen molar-refractivity contribution in [3.8, 4) is 5.75 Å². The minimum atomic E-state index is -0.884. The van der Waals surface area contributed by atoms with E-state index in [9.17, 15) is 4.79 Å². The monoisotopic (exact) mass is 340 g/mol. The van der Waals surface area contributed by atoms with Gasteiger partial charge >= 0.3 is 5.97 Å². The SMILES string of the molecule is COc1ccccc1CNC1CCN(c2ccc(C(=O)O)cc2)CC1. The summed E-state index contributed by atoms with van der Waals surface area (Å²) in [5, 5.41) is 12.6. The van der Waals surface area contributed by atoms with Gasteiger partial charge in [0, 0.05) is 36.9 Å². The number of ether oxygens (including phenoxy) is 1. The molecule has 1 saturated heterocycles. The minimum Gasteiger partial charge on any atom is -0.496 e. The number of benzene rings is 2. The standard InChI is InChI=1S/C20H24N2O3/c1-25-19-5-3-2-4-16(19)14-21-17-10-12-22(13-11-17)18-8-6-15(7-9-18)20(23)24/h2-9,17,21H,10-14H2,1H3,(H,23,24). The maximum atomic E-state index is 10.9. The van der Waals surface area contributed by atoms with Crippen molar-refractivity contribution in [1.29, 1.82) is 0 Å². The number of anilines is 1. The molecule has 0 atom stereocenters. The predicted molar refractivity (Wildman–Crippen MR) is 98.5 cm³/mol. The Kier molecular flexibility index (Phi) is 5.56. The van der Waals surface area contributed by atoms with Crippen molar-refractivity contribution >= 4 is 11.7 Å². The Labute approximate surface area is 148 Å². The molecule has 0 bridgehead atoms. The lowest BCUT2D eigenvalue weighted by Crippen LogP contribution is -2.42. The maximum Gasteiger partial charge on any atom is 0.335 e. The van der Waals surface area contributed by atoms with E-state index in [2.05, 4.69) is 16.3 Å². The molecule has 0 amide bonds. The molecule has 2 N–H and O–H groups in total. The van der Waals surface area contributed by atoms with E-state index in [-0.39, 0.29) is 0 Å². The van der Waals surface area contributed by atoms with Gasteiger partial charge in [-0.2, -0.15) is 0 Å². The lowest BCUT2D eigenvalue weighted by Gasteiger charge is -2.34. The first kappa shape index (κ1) is 17.3. The van der Waals surface area contributed by atoms with Gasteiger partial charge in [-0.25, -0.2) is 4.79 Å². The number of nitrogens with zero attached hydrogens (tertiary/aromatic N) is 1. The predicted octanol–water partition coefficient (Wildman–Crippen LogP) is 3.15. The van der Waals surface area contributed by atoms with E-state index in [1.807, 2.05) is 30.3 Å². The van der Waals surface area contributed by atoms with Gasteiger partial charge in [-0.05, 0) is 43.2 Å². The zero-order chi connectivity index (χ0) is 17.6. The Morgan fingerprint density at radius 2 is 1.84 bits per heavy atom. The van der Waals surface area contributed by atoms with Crippen LogP contribution in [0.3, 0.4) is 0 Å². The number of aromatic carboxylic acids is 1. The van der Waals surface area contributed by atoms with Gasteiger partial charge in [0.2, 0.25) is 0 Å². The summed E-state index contributed by atoms with van der Waals surface area (Å²) in [6.45, 7) is 2.74. The normalized spacial score (nSPS) is 15.2. The largest absolute Gasteiger partial charge is 0.496 e. The summed E-state index contributed by atoms with van der Waals surface area (Å²) in [5.41, 5.74) is 2.60. The van der Waals surface area contributed by atoms with Crippen molar-refractivity contribution in [2.75, 3.05) is 25.1 Å². The molecule has 0 radical (unpaired) electrons. The fraction of sp³-hybridized carbons (Fsp3) is 0.350. The van der Waals surface area contributed by atoms with Crippen molar-refractivity contribution in [2.45, 2.75) is 25.4 Å². The minimum absolute atomic E-state index is 0.331. The average molecular weight is 340 g/mol. The molecule has 0 unspecified atom stereocenters. The molecule has 2 aromatic carbocycles. The highest BCUT2D eigenvalue weighted by atomic mass is 16.5. The highest BCUT2D eigenvalue weighted by molar-refractivity contribution is 5.88. The zero-order valence-corrected chi connectivity index (χ0v) is 14.4. The third-order valence-corrected chi connectivity index (χ3v) is 4.75. The van der Waals surface area contributed by atoms with E-state index in [4.69, 9.17) is 9.84 Å². The number of hydrogen-bond acceptors (Lipinski definition) is 4. The molecular weight excluding hydrogens is 316 g/mol. The van der Waals surface area contributed by atoms with Crippen LogP contribution in [-0.4, -0.2) is 37.3 Å². The quantitative estimate of drug-likeness (QED) is 0.846. The number of carbonyl (C=O) groups is 1. The number of piperidine rings is 1. The van der Waals surface area contributed by atoms with Crippen molar-refractivity contribution in [2.24, 2.45) is 0 Å². The van der Waals surface area contributed by atoms with Crippen LogP contribution in [0.1, 0.15) is 28.8 Å². The van der Waals surface area contributed by atoms with Crippen LogP contribution in [0.5, 0.6) is 5.75 Å². The van der Waals surface area contributed by atoms with Gasteiger partial charge in [0.1, 0.15) is 5.75 Å². The molecule has 0 aromatic heterocycles. The van der Waals surface area contributed by atoms with E-state index in [1.54, 1.807) is 19.2 Å². The third kappa shape index (κ3) is 4.31. The number of para-hydroxylation sites is 1. The summed E-state index contributed by atoms with van der Waals surface area (Å²) in [6, 6.07) is 15.7. The van der Waals surface area contributed by atoms with Gasteiger partial charge in [-0.1, -0.05) is 18.2 Å². The highest BCUT2D eigenvalue weighted by Gasteiger charge is 2.19. The molecule has 2 aromatic rings. The Bertz CT molecular complexity index is 707. The lowest BCUT2D eigenvalue weighted by atomic mass is 10.0. The number of carboxylic acids is 1. The molecule has 1 heterocycles. The molecule has 0 aliphatic carbocycles. The Balaban J connectivity index is 1.51. The first-order chi connectivity index (χ1) is 12.2. The van der Waals surface area contributed by atoms with Gasteiger partial charge in [0.15, 0.2) is 0 Å². The van der Waals surface area contributed by atoms with Crippen molar-refractivity contribution < 1.29 is 14.6 Å². The number of methoxy groups -OCH3 is 1. The van der Waals surface area contributed by atoms with E-state index < -0.39 is 5.97 Å². The van der Waals surface area contributed by atoms with Gasteiger partial charge in [0.05, 0.1) is 12.7 Å². The molecule has 5 heteroatoms. The van der Waals surface area contributed by atoms with Crippen LogP contribution in [0.25, 0.3) is 0 Å². The summed E-state index contributed by atoms with van der Waals surface area (Å²) >= 11 is 0. The summed E-state index contributed by atoms with van der Waals surface area (Å²) in [7, 11) is 1.70. The van der Waals surface area contributed by atoms with Crippen LogP contribution < -0.4 is 15.0 Å². The smallest absolute Gasteiger partial charge is 0.335 e. The molecule has 0 spiro atoms. The second-order valence-electron chi connectivity index (χ2n) is 6.31. The average Bonchev–Trinajstić information content (AvgIpc) is 2.67. The summed E-state index contributed by atoms with van der Waals surface area (Å²) in [5.74, 6) is 0.0387. The Morgan fingerprint density at radius 1 is 1.16 bits per heavy atom. The second-order valence-corrected chi connectivity index (χ2v) is 6.31. The van der Waals surface area contributed by atoms with E-state index >= 15 is 0 Å². The van der Waals surface area contributed by atoms with Crippen LogP contribution in [-0.2, 0) is 6.54 Å². The van der Waals surface area contributed by atoms with Gasteiger partial charge in [0.25, 0.3) is 0 Å². The van der Waals surface area contributed by atoms with Gasteiger partial charge in [-0.3, -0.25) is 0 Å². The second kappa shape index (κ2) is 8.03. The highest BCUT2D eigenvalue weighted by Crippen LogP contribution is 2.22. The molecule has 1 aliphatic heterocycles. The molecule has 5 nitrogen and oxygen atoms in total. The molecule has 3 rings (SSSR count). The number of nitrogens with one attached hydrogen (secondary N) is 1.